The number of hydrogen-bond acceptors (Lipinski definition) is 5. The standard InChI is InChI=1S/C18H22FN3O3/c1-21(9-10-23)17-16-13(3-2-4-14(16)19)15(11-20-17)22-7-5-12(6-8-22)18(24)25/h2-4,11-12,23H,5-10H2,1H3,(H,24,25). The highest BCUT2D eigenvalue weighted by Gasteiger charge is 2.26. The van der Waals surface area contributed by atoms with Crippen LogP contribution in [0, 0.1) is 11.7 Å². The summed E-state index contributed by atoms with van der Waals surface area (Å²) in [4.78, 5) is 19.4. The number of aliphatic hydroxyl groups is 1. The fourth-order valence-electron chi connectivity index (χ4n) is 3.39. The minimum Gasteiger partial charge on any atom is -0.481 e. The van der Waals surface area contributed by atoms with Gasteiger partial charge in [-0.2, -0.15) is 0 Å². The summed E-state index contributed by atoms with van der Waals surface area (Å²) < 4.78 is 14.5. The zero-order valence-electron chi connectivity index (χ0n) is 14.2. The Morgan fingerprint density at radius 2 is 2.12 bits per heavy atom. The van der Waals surface area contributed by atoms with E-state index < -0.39 is 5.97 Å². The lowest BCUT2D eigenvalue weighted by molar-refractivity contribution is -0.142. The van der Waals surface area contributed by atoms with Gasteiger partial charge in [-0.25, -0.2) is 9.37 Å². The summed E-state index contributed by atoms with van der Waals surface area (Å²) in [5, 5.41) is 19.5. The summed E-state index contributed by atoms with van der Waals surface area (Å²) >= 11 is 0. The predicted octanol–water partition coefficient (Wildman–Crippen LogP) is 2.10. The molecule has 1 fully saturated rings. The van der Waals surface area contributed by atoms with E-state index in [9.17, 15) is 9.18 Å². The molecule has 1 aliphatic rings. The van der Waals surface area contributed by atoms with Gasteiger partial charge in [0, 0.05) is 32.1 Å². The Bertz CT molecular complexity index is 775. The Labute approximate surface area is 145 Å². The number of carbonyl (C=O) groups is 1. The summed E-state index contributed by atoms with van der Waals surface area (Å²) in [6.45, 7) is 1.53. The number of anilines is 2. The number of likely N-dealkylation sites (N-methyl/N-ethyl adjacent to an activating group) is 1. The zero-order chi connectivity index (χ0) is 18.0. The van der Waals surface area contributed by atoms with Crippen LogP contribution in [0.3, 0.4) is 0 Å². The Hall–Kier alpha value is -2.41. The molecule has 0 unspecified atom stereocenters. The molecule has 2 heterocycles. The van der Waals surface area contributed by atoms with Crippen LogP contribution in [0.1, 0.15) is 12.8 Å². The van der Waals surface area contributed by atoms with Crippen LogP contribution < -0.4 is 9.80 Å². The van der Waals surface area contributed by atoms with Crippen molar-refractivity contribution in [2.75, 3.05) is 43.1 Å². The van der Waals surface area contributed by atoms with E-state index >= 15 is 0 Å². The van der Waals surface area contributed by atoms with Crippen LogP contribution in [0.15, 0.2) is 24.4 Å². The molecule has 2 N–H and O–H groups in total. The minimum absolute atomic E-state index is 0.0431. The molecule has 0 bridgehead atoms. The molecule has 134 valence electrons. The molecule has 1 aromatic heterocycles. The van der Waals surface area contributed by atoms with Crippen molar-refractivity contribution < 1.29 is 19.4 Å². The average molecular weight is 347 g/mol. The molecule has 0 aliphatic carbocycles. The molecule has 1 aliphatic heterocycles. The third kappa shape index (κ3) is 3.37. The SMILES string of the molecule is CN(CCO)c1ncc(N2CCC(C(=O)O)CC2)c2cccc(F)c12. The highest BCUT2D eigenvalue weighted by atomic mass is 19.1. The molecule has 25 heavy (non-hydrogen) atoms. The monoisotopic (exact) mass is 347 g/mol. The Morgan fingerprint density at radius 1 is 1.40 bits per heavy atom. The van der Waals surface area contributed by atoms with Gasteiger partial charge in [0.15, 0.2) is 0 Å². The number of carboxylic acids is 1. The van der Waals surface area contributed by atoms with Gasteiger partial charge < -0.3 is 20.0 Å². The predicted molar refractivity (Wildman–Crippen MR) is 94.6 cm³/mol. The van der Waals surface area contributed by atoms with Gasteiger partial charge in [0.2, 0.25) is 0 Å². The number of benzene rings is 1. The van der Waals surface area contributed by atoms with Gasteiger partial charge in [0.05, 0.1) is 29.8 Å². The first-order valence-electron chi connectivity index (χ1n) is 8.40. The van der Waals surface area contributed by atoms with Gasteiger partial charge in [-0.05, 0) is 18.9 Å². The summed E-state index contributed by atoms with van der Waals surface area (Å²) in [5.41, 5.74) is 0.819. The Morgan fingerprint density at radius 3 is 2.76 bits per heavy atom. The van der Waals surface area contributed by atoms with Crippen LogP contribution in [0.5, 0.6) is 0 Å². The van der Waals surface area contributed by atoms with E-state index in [0.29, 0.717) is 43.7 Å². The first kappa shape index (κ1) is 17.4. The fourth-order valence-corrected chi connectivity index (χ4v) is 3.39. The largest absolute Gasteiger partial charge is 0.481 e. The summed E-state index contributed by atoms with van der Waals surface area (Å²) in [6, 6.07) is 4.93. The van der Waals surface area contributed by atoms with Gasteiger partial charge in [-0.15, -0.1) is 0 Å². The zero-order valence-corrected chi connectivity index (χ0v) is 14.2. The van der Waals surface area contributed by atoms with Gasteiger partial charge in [0.25, 0.3) is 0 Å². The minimum atomic E-state index is -0.755. The van der Waals surface area contributed by atoms with Crippen LogP contribution >= 0.6 is 0 Å². The van der Waals surface area contributed by atoms with Crippen molar-refractivity contribution in [3.05, 3.63) is 30.2 Å². The number of aliphatic carboxylic acids is 1. The molecule has 7 heteroatoms. The number of carboxylic acid groups (broad SMARTS) is 1. The van der Waals surface area contributed by atoms with Crippen molar-refractivity contribution in [3.8, 4) is 0 Å². The number of aromatic nitrogens is 1. The fraction of sp³-hybridized carbons (Fsp3) is 0.444. The van der Waals surface area contributed by atoms with E-state index in [4.69, 9.17) is 10.2 Å². The van der Waals surface area contributed by atoms with E-state index in [1.165, 1.54) is 6.07 Å². The van der Waals surface area contributed by atoms with E-state index in [0.717, 1.165) is 11.1 Å². The number of rotatable bonds is 5. The van der Waals surface area contributed by atoms with E-state index in [-0.39, 0.29) is 18.3 Å². The number of hydrogen-bond donors (Lipinski definition) is 2. The molecule has 0 spiro atoms. The van der Waals surface area contributed by atoms with Crippen LogP contribution in [0.25, 0.3) is 10.8 Å². The first-order valence-corrected chi connectivity index (χ1v) is 8.40. The van der Waals surface area contributed by atoms with E-state index in [1.807, 2.05) is 6.07 Å². The van der Waals surface area contributed by atoms with E-state index in [1.54, 1.807) is 24.2 Å². The lowest BCUT2D eigenvalue weighted by Crippen LogP contribution is -2.36. The van der Waals surface area contributed by atoms with Crippen LogP contribution in [0.2, 0.25) is 0 Å². The molecular formula is C18H22FN3O3. The second-order valence-electron chi connectivity index (χ2n) is 6.37. The molecule has 0 radical (unpaired) electrons. The Kier molecular flexibility index (Phi) is 5.03. The second kappa shape index (κ2) is 7.23. The van der Waals surface area contributed by atoms with Crippen LogP contribution in [-0.2, 0) is 4.79 Å². The number of aliphatic hydroxyl groups excluding tert-OH is 1. The molecule has 3 rings (SSSR count). The maximum absolute atomic E-state index is 14.5. The second-order valence-corrected chi connectivity index (χ2v) is 6.37. The Balaban J connectivity index is 1.99. The molecule has 0 atom stereocenters. The number of nitrogens with zero attached hydrogens (tertiary/aromatic N) is 3. The van der Waals surface area contributed by atoms with Crippen LogP contribution in [-0.4, -0.2) is 54.5 Å². The van der Waals surface area contributed by atoms with Gasteiger partial charge in [-0.1, -0.05) is 12.1 Å². The summed E-state index contributed by atoms with van der Waals surface area (Å²) in [6.07, 6.45) is 2.85. The van der Waals surface area contributed by atoms with Crippen molar-refractivity contribution in [2.24, 2.45) is 5.92 Å². The third-order valence-corrected chi connectivity index (χ3v) is 4.80. The van der Waals surface area contributed by atoms with Crippen LogP contribution in [0.4, 0.5) is 15.9 Å². The van der Waals surface area contributed by atoms with Gasteiger partial charge >= 0.3 is 5.97 Å². The maximum Gasteiger partial charge on any atom is 0.306 e. The van der Waals surface area contributed by atoms with Crippen molar-refractivity contribution in [2.45, 2.75) is 12.8 Å². The molecule has 1 saturated heterocycles. The molecule has 0 amide bonds. The highest BCUT2D eigenvalue weighted by Crippen LogP contribution is 2.35. The molecule has 0 saturated carbocycles. The van der Waals surface area contributed by atoms with Gasteiger partial charge in [0.1, 0.15) is 11.6 Å². The lowest BCUT2D eigenvalue weighted by Gasteiger charge is -2.33. The average Bonchev–Trinajstić information content (AvgIpc) is 2.61. The smallest absolute Gasteiger partial charge is 0.306 e. The van der Waals surface area contributed by atoms with Crippen molar-refractivity contribution in [3.63, 3.8) is 0 Å². The molecule has 6 nitrogen and oxygen atoms in total. The lowest BCUT2D eigenvalue weighted by atomic mass is 9.96. The number of pyridine rings is 1. The summed E-state index contributed by atoms with van der Waals surface area (Å²) in [5.74, 6) is -0.935. The normalized spacial score (nSPS) is 15.6. The van der Waals surface area contributed by atoms with Crippen molar-refractivity contribution >= 4 is 28.2 Å². The van der Waals surface area contributed by atoms with Crippen molar-refractivity contribution in [1.82, 2.24) is 4.98 Å². The maximum atomic E-state index is 14.5. The number of fused-ring (bicyclic) bond motifs is 1. The molecular weight excluding hydrogens is 325 g/mol. The highest BCUT2D eigenvalue weighted by molar-refractivity contribution is 6.01. The molecule has 1 aromatic carbocycles. The quantitative estimate of drug-likeness (QED) is 0.863. The number of piperidine rings is 1. The van der Waals surface area contributed by atoms with Crippen molar-refractivity contribution in [1.29, 1.82) is 0 Å². The first-order chi connectivity index (χ1) is 12.0. The molecule has 2 aromatic rings. The van der Waals surface area contributed by atoms with E-state index in [2.05, 4.69) is 9.88 Å². The number of halogens is 1. The summed E-state index contributed by atoms with van der Waals surface area (Å²) in [7, 11) is 1.77. The topological polar surface area (TPSA) is 76.9 Å². The third-order valence-electron chi connectivity index (χ3n) is 4.80. The van der Waals surface area contributed by atoms with Gasteiger partial charge in [-0.3, -0.25) is 4.79 Å².